The molecule has 0 saturated carbocycles. The number of hydrogen-bond donors (Lipinski definition) is 0. The first kappa shape index (κ1) is 24.4. The molecule has 3 aromatic carbocycles. The minimum Gasteiger partial charge on any atom is -0.497 e. The molecule has 178 valence electrons. The van der Waals surface area contributed by atoms with Crippen molar-refractivity contribution in [2.75, 3.05) is 21.3 Å². The molecule has 0 N–H and O–H groups in total. The minimum absolute atomic E-state index is 0.169. The van der Waals surface area contributed by atoms with Gasteiger partial charge in [-0.15, -0.1) is 11.8 Å². The van der Waals surface area contributed by atoms with E-state index in [1.165, 1.54) is 34.3 Å². The van der Waals surface area contributed by atoms with E-state index in [1.54, 1.807) is 14.2 Å². The van der Waals surface area contributed by atoms with Crippen LogP contribution in [-0.4, -0.2) is 27.3 Å². The van der Waals surface area contributed by atoms with E-state index in [2.05, 4.69) is 66.7 Å². The maximum absolute atomic E-state index is 11.4. The molecule has 2 atom stereocenters. The molecule has 4 rings (SSSR count). The van der Waals surface area contributed by atoms with Crippen molar-refractivity contribution in [3.63, 3.8) is 0 Å². The van der Waals surface area contributed by atoms with Gasteiger partial charge in [-0.05, 0) is 59.2 Å². The summed E-state index contributed by atoms with van der Waals surface area (Å²) in [4.78, 5) is 12.7. The lowest BCUT2D eigenvalue weighted by Gasteiger charge is -2.22. The van der Waals surface area contributed by atoms with Gasteiger partial charge in [0, 0.05) is 29.6 Å². The third kappa shape index (κ3) is 5.65. The van der Waals surface area contributed by atoms with Gasteiger partial charge in [-0.1, -0.05) is 54.6 Å². The lowest BCUT2D eigenvalue weighted by molar-refractivity contribution is -0.140. The molecule has 4 nitrogen and oxygen atoms in total. The Morgan fingerprint density at radius 3 is 2.32 bits per heavy atom. The zero-order chi connectivity index (χ0) is 23.9. The smallest absolute Gasteiger partial charge is 0.305 e. The lowest BCUT2D eigenvalue weighted by atomic mass is 9.85. The van der Waals surface area contributed by atoms with Crippen molar-refractivity contribution in [1.82, 2.24) is 0 Å². The second-order valence-electron chi connectivity index (χ2n) is 8.61. The van der Waals surface area contributed by atoms with E-state index < -0.39 is 0 Å². The highest BCUT2D eigenvalue weighted by Crippen LogP contribution is 2.57. The molecule has 1 heterocycles. The van der Waals surface area contributed by atoms with Crippen LogP contribution in [0.3, 0.4) is 0 Å². The Morgan fingerprint density at radius 1 is 0.882 bits per heavy atom. The molecule has 0 fully saturated rings. The fourth-order valence-corrected chi connectivity index (χ4v) is 6.28. The van der Waals surface area contributed by atoms with E-state index in [4.69, 9.17) is 14.2 Å². The summed E-state index contributed by atoms with van der Waals surface area (Å²) in [6, 6.07) is 23.8. The standard InChI is InChI=1S/C29H32O4S/c1-31-19-22-6-4-5-7-24(22)29-26(25-16-14-23(32-2)18-27(25)34-29)15-12-20-8-10-21(11-9-20)13-17-28(30)33-3/h4-11,14,16,18,26,29H,12-13,15,17,19H2,1-3H3. The van der Waals surface area contributed by atoms with Crippen LogP contribution in [0, 0.1) is 0 Å². The molecule has 0 bridgehead atoms. The van der Waals surface area contributed by atoms with Gasteiger partial charge in [0.2, 0.25) is 0 Å². The first-order valence-electron chi connectivity index (χ1n) is 11.7. The predicted molar refractivity (Wildman–Crippen MR) is 137 cm³/mol. The Morgan fingerprint density at radius 2 is 1.62 bits per heavy atom. The van der Waals surface area contributed by atoms with Crippen molar-refractivity contribution in [1.29, 1.82) is 0 Å². The minimum atomic E-state index is -0.169. The summed E-state index contributed by atoms with van der Waals surface area (Å²) in [7, 11) is 4.91. The van der Waals surface area contributed by atoms with Gasteiger partial charge in [0.05, 0.1) is 20.8 Å². The number of ether oxygens (including phenoxy) is 3. The highest BCUT2D eigenvalue weighted by molar-refractivity contribution is 8.00. The summed E-state index contributed by atoms with van der Waals surface area (Å²) in [6.45, 7) is 0.618. The molecule has 0 aliphatic carbocycles. The fourth-order valence-electron chi connectivity index (χ4n) is 4.66. The summed E-state index contributed by atoms with van der Waals surface area (Å²) in [5.74, 6) is 1.14. The van der Waals surface area contributed by atoms with Crippen LogP contribution < -0.4 is 4.74 Å². The van der Waals surface area contributed by atoms with Gasteiger partial charge < -0.3 is 14.2 Å². The van der Waals surface area contributed by atoms with Crippen molar-refractivity contribution in [2.45, 2.75) is 48.4 Å². The van der Waals surface area contributed by atoms with Crippen LogP contribution in [0.15, 0.2) is 71.6 Å². The first-order valence-corrected chi connectivity index (χ1v) is 12.6. The molecule has 2 unspecified atom stereocenters. The van der Waals surface area contributed by atoms with Crippen molar-refractivity contribution >= 4 is 17.7 Å². The van der Waals surface area contributed by atoms with Crippen molar-refractivity contribution in [2.24, 2.45) is 0 Å². The summed E-state index contributed by atoms with van der Waals surface area (Å²) in [5.41, 5.74) is 6.49. The Bertz CT molecular complexity index is 1110. The Hall–Kier alpha value is -2.76. The zero-order valence-corrected chi connectivity index (χ0v) is 20.9. The van der Waals surface area contributed by atoms with Crippen molar-refractivity contribution in [3.8, 4) is 5.75 Å². The SMILES string of the molecule is COCc1ccccc1C1Sc2cc(OC)ccc2C1CCc1ccc(CCC(=O)OC)cc1. The Kier molecular flexibility index (Phi) is 8.30. The van der Waals surface area contributed by atoms with E-state index >= 15 is 0 Å². The number of aryl methyl sites for hydroxylation is 2. The van der Waals surface area contributed by atoms with Crippen LogP contribution in [0.5, 0.6) is 5.75 Å². The summed E-state index contributed by atoms with van der Waals surface area (Å²) < 4.78 is 15.7. The molecular weight excluding hydrogens is 444 g/mol. The van der Waals surface area contributed by atoms with Gasteiger partial charge in [-0.3, -0.25) is 4.79 Å². The maximum Gasteiger partial charge on any atom is 0.305 e. The van der Waals surface area contributed by atoms with E-state index in [9.17, 15) is 4.79 Å². The van der Waals surface area contributed by atoms with Gasteiger partial charge in [0.25, 0.3) is 0 Å². The molecule has 0 aromatic heterocycles. The van der Waals surface area contributed by atoms with Crippen LogP contribution in [0.4, 0.5) is 0 Å². The molecule has 34 heavy (non-hydrogen) atoms. The molecule has 1 aliphatic heterocycles. The maximum atomic E-state index is 11.4. The van der Waals surface area contributed by atoms with Crippen LogP contribution in [0.2, 0.25) is 0 Å². The van der Waals surface area contributed by atoms with Crippen molar-refractivity contribution in [3.05, 3.63) is 94.5 Å². The number of fused-ring (bicyclic) bond motifs is 1. The normalized spacial score (nSPS) is 16.8. The van der Waals surface area contributed by atoms with E-state index in [1.807, 2.05) is 11.8 Å². The number of carbonyl (C=O) groups excluding carboxylic acids is 1. The predicted octanol–water partition coefficient (Wildman–Crippen LogP) is 6.51. The topological polar surface area (TPSA) is 44.8 Å². The monoisotopic (exact) mass is 476 g/mol. The third-order valence-electron chi connectivity index (χ3n) is 6.51. The second kappa shape index (κ2) is 11.6. The van der Waals surface area contributed by atoms with Gasteiger partial charge in [0.15, 0.2) is 0 Å². The molecule has 0 amide bonds. The number of esters is 1. The summed E-state index contributed by atoms with van der Waals surface area (Å²) in [5, 5.41) is 0.341. The Balaban J connectivity index is 1.53. The average molecular weight is 477 g/mol. The van der Waals surface area contributed by atoms with Crippen LogP contribution in [-0.2, 0) is 33.7 Å². The van der Waals surface area contributed by atoms with Crippen molar-refractivity contribution < 1.29 is 19.0 Å². The third-order valence-corrected chi connectivity index (χ3v) is 7.96. The molecule has 0 spiro atoms. The van der Waals surface area contributed by atoms with E-state index in [0.29, 0.717) is 30.6 Å². The van der Waals surface area contributed by atoms with Gasteiger partial charge >= 0.3 is 5.97 Å². The number of thioether (sulfide) groups is 1. The molecule has 3 aromatic rings. The quantitative estimate of drug-likeness (QED) is 0.312. The second-order valence-corrected chi connectivity index (χ2v) is 9.80. The van der Waals surface area contributed by atoms with Crippen LogP contribution >= 0.6 is 11.8 Å². The largest absolute Gasteiger partial charge is 0.497 e. The van der Waals surface area contributed by atoms with Gasteiger partial charge in [0.1, 0.15) is 5.75 Å². The molecule has 5 heteroatoms. The van der Waals surface area contributed by atoms with Gasteiger partial charge in [-0.25, -0.2) is 0 Å². The van der Waals surface area contributed by atoms with Crippen LogP contribution in [0.1, 0.15) is 51.8 Å². The van der Waals surface area contributed by atoms with E-state index in [-0.39, 0.29) is 5.97 Å². The Labute approximate surface area is 206 Å². The molecule has 0 saturated heterocycles. The molecule has 1 aliphatic rings. The van der Waals surface area contributed by atoms with E-state index in [0.717, 1.165) is 24.2 Å². The lowest BCUT2D eigenvalue weighted by Crippen LogP contribution is -2.08. The number of benzene rings is 3. The highest BCUT2D eigenvalue weighted by atomic mass is 32.2. The number of carbonyl (C=O) groups is 1. The van der Waals surface area contributed by atoms with Crippen LogP contribution in [0.25, 0.3) is 0 Å². The first-order chi connectivity index (χ1) is 16.6. The molecule has 0 radical (unpaired) electrons. The highest BCUT2D eigenvalue weighted by Gasteiger charge is 2.35. The fraction of sp³-hybridized carbons (Fsp3) is 0.345. The average Bonchev–Trinajstić information content (AvgIpc) is 3.24. The number of rotatable bonds is 10. The van der Waals surface area contributed by atoms with Gasteiger partial charge in [-0.2, -0.15) is 0 Å². The molecular formula is C29H32O4S. The summed E-state index contributed by atoms with van der Waals surface area (Å²) in [6.07, 6.45) is 3.18. The summed E-state index contributed by atoms with van der Waals surface area (Å²) >= 11 is 1.94. The number of methoxy groups -OCH3 is 3. The zero-order valence-electron chi connectivity index (χ0n) is 20.1. The number of hydrogen-bond acceptors (Lipinski definition) is 5.